The predicted molar refractivity (Wildman–Crippen MR) is 71.4 cm³/mol. The van der Waals surface area contributed by atoms with Crippen LogP contribution in [0.25, 0.3) is 0 Å². The number of hydrogen-bond acceptors (Lipinski definition) is 3. The molecule has 1 aromatic carbocycles. The molecule has 94 valence electrons. The zero-order valence-corrected chi connectivity index (χ0v) is 10.8. The molecule has 0 spiro atoms. The molecule has 0 aromatic heterocycles. The van der Waals surface area contributed by atoms with Crippen molar-refractivity contribution in [1.82, 2.24) is 5.32 Å². The first kappa shape index (κ1) is 12.4. The maximum Gasteiger partial charge on any atom is 0.0507 e. The van der Waals surface area contributed by atoms with Crippen LogP contribution in [0.4, 0.5) is 5.69 Å². The van der Waals surface area contributed by atoms with E-state index < -0.39 is 0 Å². The van der Waals surface area contributed by atoms with Crippen LogP contribution in [0.15, 0.2) is 24.3 Å². The highest BCUT2D eigenvalue weighted by Gasteiger charge is 2.14. The van der Waals surface area contributed by atoms with Gasteiger partial charge in [-0.2, -0.15) is 0 Å². The Bertz CT molecular complexity index is 329. The lowest BCUT2D eigenvalue weighted by molar-refractivity contribution is 0.185. The molecule has 17 heavy (non-hydrogen) atoms. The number of hydrogen-bond donors (Lipinski definition) is 1. The van der Waals surface area contributed by atoms with Gasteiger partial charge in [-0.15, -0.1) is 0 Å². The fraction of sp³-hybridized carbons (Fsp3) is 0.571. The molecule has 3 heteroatoms. The maximum absolute atomic E-state index is 5.36. The van der Waals surface area contributed by atoms with Gasteiger partial charge in [0.2, 0.25) is 0 Å². The van der Waals surface area contributed by atoms with Gasteiger partial charge in [-0.25, -0.2) is 0 Å². The highest BCUT2D eigenvalue weighted by Crippen LogP contribution is 2.13. The monoisotopic (exact) mass is 234 g/mol. The van der Waals surface area contributed by atoms with E-state index >= 15 is 0 Å². The molecule has 0 radical (unpaired) electrons. The summed E-state index contributed by atoms with van der Waals surface area (Å²) in [5.74, 6) is 0.705. The van der Waals surface area contributed by atoms with E-state index in [1.165, 1.54) is 17.7 Å². The Hall–Kier alpha value is -1.06. The van der Waals surface area contributed by atoms with Crippen LogP contribution in [0, 0.1) is 5.92 Å². The van der Waals surface area contributed by atoms with Crippen molar-refractivity contribution in [1.29, 1.82) is 0 Å². The van der Waals surface area contributed by atoms with E-state index in [0.29, 0.717) is 5.92 Å². The second-order valence-corrected chi connectivity index (χ2v) is 4.92. The van der Waals surface area contributed by atoms with Crippen molar-refractivity contribution in [2.24, 2.45) is 5.92 Å². The third kappa shape index (κ3) is 3.72. The van der Waals surface area contributed by atoms with E-state index in [-0.39, 0.29) is 0 Å². The van der Waals surface area contributed by atoms with Crippen LogP contribution in [0.3, 0.4) is 0 Å². The molecule has 1 N–H and O–H groups in total. The minimum atomic E-state index is 0.705. The average Bonchev–Trinajstić information content (AvgIpc) is 2.83. The standard InChI is InChI=1S/C14H22N2O/c1-16(2)14-5-3-12(4-6-14)9-15-10-13-7-8-17-11-13/h3-6,13,15H,7-11H2,1-2H3. The van der Waals surface area contributed by atoms with Gasteiger partial charge in [0, 0.05) is 39.5 Å². The fourth-order valence-corrected chi connectivity index (χ4v) is 2.08. The van der Waals surface area contributed by atoms with Gasteiger partial charge in [0.15, 0.2) is 0 Å². The van der Waals surface area contributed by atoms with Crippen molar-refractivity contribution in [2.45, 2.75) is 13.0 Å². The van der Waals surface area contributed by atoms with Crippen LogP contribution in [-0.2, 0) is 11.3 Å². The predicted octanol–water partition coefficient (Wildman–Crippen LogP) is 1.88. The van der Waals surface area contributed by atoms with Gasteiger partial charge in [-0.3, -0.25) is 0 Å². The molecule has 1 saturated heterocycles. The smallest absolute Gasteiger partial charge is 0.0507 e. The molecule has 3 nitrogen and oxygen atoms in total. The summed E-state index contributed by atoms with van der Waals surface area (Å²) in [5.41, 5.74) is 2.59. The summed E-state index contributed by atoms with van der Waals surface area (Å²) in [4.78, 5) is 2.12. The summed E-state index contributed by atoms with van der Waals surface area (Å²) in [7, 11) is 4.13. The number of nitrogens with zero attached hydrogens (tertiary/aromatic N) is 1. The first-order valence-corrected chi connectivity index (χ1v) is 6.30. The van der Waals surface area contributed by atoms with E-state index in [2.05, 4.69) is 48.6 Å². The van der Waals surface area contributed by atoms with E-state index in [0.717, 1.165) is 26.3 Å². The molecule has 1 aliphatic rings. The lowest BCUT2D eigenvalue weighted by Gasteiger charge is -2.13. The van der Waals surface area contributed by atoms with Crippen LogP contribution in [-0.4, -0.2) is 33.9 Å². The molecule has 2 rings (SSSR count). The largest absolute Gasteiger partial charge is 0.381 e. The summed E-state index contributed by atoms with van der Waals surface area (Å²) in [6, 6.07) is 8.70. The summed E-state index contributed by atoms with van der Waals surface area (Å²) in [5, 5.41) is 3.50. The van der Waals surface area contributed by atoms with Gasteiger partial charge >= 0.3 is 0 Å². The average molecular weight is 234 g/mol. The van der Waals surface area contributed by atoms with Gasteiger partial charge in [-0.05, 0) is 30.0 Å². The maximum atomic E-state index is 5.36. The number of anilines is 1. The highest BCUT2D eigenvalue weighted by atomic mass is 16.5. The van der Waals surface area contributed by atoms with Crippen molar-refractivity contribution >= 4 is 5.69 Å². The summed E-state index contributed by atoms with van der Waals surface area (Å²) < 4.78 is 5.36. The van der Waals surface area contributed by atoms with Crippen LogP contribution in [0.5, 0.6) is 0 Å². The number of rotatable bonds is 5. The Balaban J connectivity index is 1.74. The van der Waals surface area contributed by atoms with Crippen molar-refractivity contribution in [3.63, 3.8) is 0 Å². The molecule has 1 heterocycles. The molecule has 1 atom stereocenters. The lowest BCUT2D eigenvalue weighted by atomic mass is 10.1. The number of benzene rings is 1. The molecule has 1 aromatic rings. The van der Waals surface area contributed by atoms with Gasteiger partial charge in [0.05, 0.1) is 6.61 Å². The topological polar surface area (TPSA) is 24.5 Å². The Kier molecular flexibility index (Phi) is 4.40. The van der Waals surface area contributed by atoms with Gasteiger partial charge in [-0.1, -0.05) is 12.1 Å². The van der Waals surface area contributed by atoms with E-state index in [4.69, 9.17) is 4.74 Å². The zero-order chi connectivity index (χ0) is 12.1. The number of nitrogens with one attached hydrogen (secondary N) is 1. The Labute approximate surface area is 104 Å². The summed E-state index contributed by atoms with van der Waals surface area (Å²) >= 11 is 0. The third-order valence-corrected chi connectivity index (χ3v) is 3.24. The second kappa shape index (κ2) is 6.03. The van der Waals surface area contributed by atoms with Crippen molar-refractivity contribution in [3.05, 3.63) is 29.8 Å². The van der Waals surface area contributed by atoms with Gasteiger partial charge in [0.25, 0.3) is 0 Å². The van der Waals surface area contributed by atoms with Gasteiger partial charge in [0.1, 0.15) is 0 Å². The van der Waals surface area contributed by atoms with Crippen LogP contribution in [0.2, 0.25) is 0 Å². The molecule has 1 unspecified atom stereocenters. The zero-order valence-electron chi connectivity index (χ0n) is 10.8. The fourth-order valence-electron chi connectivity index (χ4n) is 2.08. The Morgan fingerprint density at radius 1 is 1.29 bits per heavy atom. The third-order valence-electron chi connectivity index (χ3n) is 3.24. The lowest BCUT2D eigenvalue weighted by Crippen LogP contribution is -2.22. The molecular weight excluding hydrogens is 212 g/mol. The van der Waals surface area contributed by atoms with E-state index in [9.17, 15) is 0 Å². The van der Waals surface area contributed by atoms with E-state index in [1.54, 1.807) is 0 Å². The minimum absolute atomic E-state index is 0.705. The second-order valence-electron chi connectivity index (χ2n) is 4.92. The first-order valence-electron chi connectivity index (χ1n) is 6.30. The van der Waals surface area contributed by atoms with Crippen LogP contribution >= 0.6 is 0 Å². The molecule has 1 fully saturated rings. The number of ether oxygens (including phenoxy) is 1. The molecule has 1 aliphatic heterocycles. The molecule has 0 bridgehead atoms. The van der Waals surface area contributed by atoms with Gasteiger partial charge < -0.3 is 15.0 Å². The summed E-state index contributed by atoms with van der Waals surface area (Å²) in [6.07, 6.45) is 1.20. The van der Waals surface area contributed by atoms with Crippen LogP contribution < -0.4 is 10.2 Å². The van der Waals surface area contributed by atoms with Crippen molar-refractivity contribution in [2.75, 3.05) is 38.8 Å². The molecule has 0 aliphatic carbocycles. The van der Waals surface area contributed by atoms with E-state index in [1.807, 2.05) is 0 Å². The summed E-state index contributed by atoms with van der Waals surface area (Å²) in [6.45, 7) is 3.87. The van der Waals surface area contributed by atoms with Crippen molar-refractivity contribution in [3.8, 4) is 0 Å². The highest BCUT2D eigenvalue weighted by molar-refractivity contribution is 5.45. The quantitative estimate of drug-likeness (QED) is 0.842. The first-order chi connectivity index (χ1) is 8.25. The van der Waals surface area contributed by atoms with Crippen LogP contribution in [0.1, 0.15) is 12.0 Å². The molecular formula is C14H22N2O. The SMILES string of the molecule is CN(C)c1ccc(CNCC2CCOC2)cc1. The minimum Gasteiger partial charge on any atom is -0.381 e. The molecule has 0 amide bonds. The molecule has 0 saturated carbocycles. The van der Waals surface area contributed by atoms with Crippen molar-refractivity contribution < 1.29 is 4.74 Å². The Morgan fingerprint density at radius 2 is 2.06 bits per heavy atom. The normalized spacial score (nSPS) is 19.5. The Morgan fingerprint density at radius 3 is 2.65 bits per heavy atom.